The second kappa shape index (κ2) is 3.42. The molecule has 6 heteroatoms. The molecule has 0 bridgehead atoms. The molecule has 1 rings (SSSR count). The van der Waals surface area contributed by atoms with Gasteiger partial charge < -0.3 is 5.11 Å². The van der Waals surface area contributed by atoms with E-state index in [-0.39, 0.29) is 6.29 Å². The number of alkyl halides is 2. The van der Waals surface area contributed by atoms with Crippen LogP contribution in [0.3, 0.4) is 0 Å². The molecule has 1 N–H and O–H groups in total. The molecular formula is C7H4F3NO2. The van der Waals surface area contributed by atoms with Crippen LogP contribution in [0.1, 0.15) is 22.5 Å². The minimum absolute atomic E-state index is 0.00426. The molecule has 0 aliphatic heterocycles. The number of nitrogens with zero attached hydrogens (tertiary/aromatic N) is 1. The molecule has 1 heterocycles. The summed E-state index contributed by atoms with van der Waals surface area (Å²) < 4.78 is 36.5. The van der Waals surface area contributed by atoms with Crippen LogP contribution >= 0.6 is 0 Å². The third-order valence-electron chi connectivity index (χ3n) is 1.36. The predicted molar refractivity (Wildman–Crippen MR) is 36.2 cm³/mol. The summed E-state index contributed by atoms with van der Waals surface area (Å²) in [7, 11) is 0. The number of pyridine rings is 1. The number of hydrogen-bond acceptors (Lipinski definition) is 3. The number of carbonyl (C=O) groups is 1. The fourth-order valence-corrected chi connectivity index (χ4v) is 0.793. The molecule has 0 aromatic carbocycles. The summed E-state index contributed by atoms with van der Waals surface area (Å²) in [6, 6.07) is 0.382. The molecule has 0 unspecified atom stereocenters. The predicted octanol–water partition coefficient (Wildman–Crippen LogP) is 1.68. The summed E-state index contributed by atoms with van der Waals surface area (Å²) in [4.78, 5) is 13.0. The van der Waals surface area contributed by atoms with E-state index in [0.717, 1.165) is 0 Å². The Morgan fingerprint density at radius 1 is 1.54 bits per heavy atom. The van der Waals surface area contributed by atoms with Crippen molar-refractivity contribution in [2.75, 3.05) is 0 Å². The van der Waals surface area contributed by atoms with Crippen LogP contribution in [0, 0.1) is 5.95 Å². The molecule has 1 aromatic rings. The molecule has 0 atom stereocenters. The number of aldehydes is 1. The van der Waals surface area contributed by atoms with Gasteiger partial charge in [0.25, 0.3) is 6.43 Å². The molecule has 70 valence electrons. The molecule has 0 amide bonds. The zero-order chi connectivity index (χ0) is 10.0. The van der Waals surface area contributed by atoms with E-state index in [9.17, 15) is 18.0 Å². The van der Waals surface area contributed by atoms with E-state index in [1.54, 1.807) is 0 Å². The highest BCUT2D eigenvalue weighted by Crippen LogP contribution is 2.29. The molecule has 0 aliphatic carbocycles. The van der Waals surface area contributed by atoms with Gasteiger partial charge in [0.15, 0.2) is 12.0 Å². The number of aromatic nitrogens is 1. The van der Waals surface area contributed by atoms with Crippen molar-refractivity contribution in [3.8, 4) is 5.75 Å². The van der Waals surface area contributed by atoms with E-state index >= 15 is 0 Å². The maximum atomic E-state index is 12.4. The van der Waals surface area contributed by atoms with Crippen LogP contribution in [0.15, 0.2) is 6.07 Å². The molecule has 1 aromatic heterocycles. The molecule has 0 saturated heterocycles. The van der Waals surface area contributed by atoms with Crippen LogP contribution in [0.4, 0.5) is 13.2 Å². The Morgan fingerprint density at radius 3 is 2.62 bits per heavy atom. The molecule has 0 fully saturated rings. The van der Waals surface area contributed by atoms with E-state index in [1.807, 2.05) is 0 Å². The topological polar surface area (TPSA) is 50.2 Å². The van der Waals surface area contributed by atoms with Crippen LogP contribution in [0.25, 0.3) is 0 Å². The van der Waals surface area contributed by atoms with E-state index in [1.165, 1.54) is 0 Å². The smallest absolute Gasteiger partial charge is 0.267 e. The van der Waals surface area contributed by atoms with Crippen molar-refractivity contribution in [2.24, 2.45) is 0 Å². The maximum absolute atomic E-state index is 12.4. The summed E-state index contributed by atoms with van der Waals surface area (Å²) in [6.45, 7) is 0. The van der Waals surface area contributed by atoms with E-state index in [0.29, 0.717) is 6.07 Å². The van der Waals surface area contributed by atoms with Crippen molar-refractivity contribution in [3.05, 3.63) is 23.3 Å². The number of hydrogen-bond donors (Lipinski definition) is 1. The summed E-state index contributed by atoms with van der Waals surface area (Å²) in [5, 5.41) is 8.94. The van der Waals surface area contributed by atoms with E-state index < -0.39 is 29.4 Å². The highest BCUT2D eigenvalue weighted by molar-refractivity contribution is 5.76. The SMILES string of the molecule is O=Cc1nc(F)cc(C(F)F)c1O. The summed E-state index contributed by atoms with van der Waals surface area (Å²) in [6.07, 6.45) is -3.04. The molecular weight excluding hydrogens is 187 g/mol. The Hall–Kier alpha value is -1.59. The largest absolute Gasteiger partial charge is 0.505 e. The molecule has 0 saturated carbocycles. The van der Waals surface area contributed by atoms with Gasteiger partial charge in [0, 0.05) is 6.07 Å². The van der Waals surface area contributed by atoms with Gasteiger partial charge in [-0.2, -0.15) is 4.39 Å². The first kappa shape index (κ1) is 9.50. The van der Waals surface area contributed by atoms with Crippen molar-refractivity contribution in [1.82, 2.24) is 4.98 Å². The fourth-order valence-electron chi connectivity index (χ4n) is 0.793. The minimum atomic E-state index is -3.05. The first-order valence-electron chi connectivity index (χ1n) is 3.19. The lowest BCUT2D eigenvalue weighted by atomic mass is 10.2. The van der Waals surface area contributed by atoms with Crippen molar-refractivity contribution in [3.63, 3.8) is 0 Å². The van der Waals surface area contributed by atoms with Crippen molar-refractivity contribution in [2.45, 2.75) is 6.43 Å². The molecule has 13 heavy (non-hydrogen) atoms. The maximum Gasteiger partial charge on any atom is 0.267 e. The lowest BCUT2D eigenvalue weighted by Gasteiger charge is -2.04. The second-order valence-corrected chi connectivity index (χ2v) is 2.19. The Labute approximate surface area is 70.8 Å². The van der Waals surface area contributed by atoms with Gasteiger partial charge >= 0.3 is 0 Å². The first-order valence-corrected chi connectivity index (χ1v) is 3.19. The fraction of sp³-hybridized carbons (Fsp3) is 0.143. The van der Waals surface area contributed by atoms with E-state index in [4.69, 9.17) is 5.11 Å². The summed E-state index contributed by atoms with van der Waals surface area (Å²) >= 11 is 0. The Bertz CT molecular complexity index is 341. The summed E-state index contributed by atoms with van der Waals surface area (Å²) in [5.74, 6) is -2.21. The monoisotopic (exact) mass is 191 g/mol. The van der Waals surface area contributed by atoms with Crippen molar-refractivity contribution < 1.29 is 23.1 Å². The van der Waals surface area contributed by atoms with Crippen molar-refractivity contribution >= 4 is 6.29 Å². The quantitative estimate of drug-likeness (QED) is 0.571. The van der Waals surface area contributed by atoms with Gasteiger partial charge in [-0.05, 0) is 0 Å². The third-order valence-corrected chi connectivity index (χ3v) is 1.36. The number of rotatable bonds is 2. The molecule has 0 radical (unpaired) electrons. The Morgan fingerprint density at radius 2 is 2.15 bits per heavy atom. The van der Waals surface area contributed by atoms with Gasteiger partial charge in [-0.25, -0.2) is 13.8 Å². The van der Waals surface area contributed by atoms with Crippen LogP contribution in [-0.4, -0.2) is 16.4 Å². The molecule has 0 aliphatic rings. The van der Waals surface area contributed by atoms with Crippen LogP contribution in [-0.2, 0) is 0 Å². The number of halogens is 3. The lowest BCUT2D eigenvalue weighted by molar-refractivity contribution is 0.111. The standard InChI is InChI=1S/C7H4F3NO2/c8-5-1-3(7(9)10)6(13)4(2-12)11-5/h1-2,7,13H. The lowest BCUT2D eigenvalue weighted by Crippen LogP contribution is -1.97. The average Bonchev–Trinajstić information content (AvgIpc) is 2.08. The Kier molecular flexibility index (Phi) is 2.50. The van der Waals surface area contributed by atoms with Gasteiger partial charge in [-0.15, -0.1) is 0 Å². The minimum Gasteiger partial charge on any atom is -0.505 e. The second-order valence-electron chi connectivity index (χ2n) is 2.19. The van der Waals surface area contributed by atoms with Crippen molar-refractivity contribution in [1.29, 1.82) is 0 Å². The number of carbonyl (C=O) groups excluding carboxylic acids is 1. The highest BCUT2D eigenvalue weighted by Gasteiger charge is 2.18. The molecule has 3 nitrogen and oxygen atoms in total. The van der Waals surface area contributed by atoms with Gasteiger partial charge in [-0.1, -0.05) is 0 Å². The van der Waals surface area contributed by atoms with Gasteiger partial charge in [0.05, 0.1) is 5.56 Å². The van der Waals surface area contributed by atoms with Gasteiger partial charge in [0.1, 0.15) is 5.69 Å². The van der Waals surface area contributed by atoms with Gasteiger partial charge in [0.2, 0.25) is 5.95 Å². The third kappa shape index (κ3) is 1.77. The molecule has 0 spiro atoms. The van der Waals surface area contributed by atoms with Crippen LogP contribution in [0.2, 0.25) is 0 Å². The van der Waals surface area contributed by atoms with Gasteiger partial charge in [-0.3, -0.25) is 4.79 Å². The zero-order valence-corrected chi connectivity index (χ0v) is 6.17. The highest BCUT2D eigenvalue weighted by atomic mass is 19.3. The Balaban J connectivity index is 3.35. The normalized spacial score (nSPS) is 10.5. The van der Waals surface area contributed by atoms with Crippen LogP contribution in [0.5, 0.6) is 5.75 Å². The summed E-state index contributed by atoms with van der Waals surface area (Å²) in [5.41, 5.74) is -1.66. The first-order chi connectivity index (χ1) is 6.06. The number of aromatic hydroxyl groups is 1. The van der Waals surface area contributed by atoms with Crippen LogP contribution < -0.4 is 0 Å². The van der Waals surface area contributed by atoms with E-state index in [2.05, 4.69) is 4.98 Å². The average molecular weight is 191 g/mol. The zero-order valence-electron chi connectivity index (χ0n) is 6.17.